The first kappa shape index (κ1) is 15.6. The molecule has 0 radical (unpaired) electrons. The Kier molecular flexibility index (Phi) is 6.12. The molecule has 0 unspecified atom stereocenters. The van der Waals surface area contributed by atoms with E-state index < -0.39 is 11.9 Å². The van der Waals surface area contributed by atoms with Crippen LogP contribution in [0.25, 0.3) is 6.08 Å². The number of hydrazine groups is 1. The zero-order valence-corrected chi connectivity index (χ0v) is 11.4. The number of urea groups is 1. The molecular weight excluding hydrogens is 258 g/mol. The molecule has 20 heavy (non-hydrogen) atoms. The molecule has 0 aliphatic rings. The van der Waals surface area contributed by atoms with Crippen molar-refractivity contribution in [3.05, 3.63) is 42.0 Å². The summed E-state index contributed by atoms with van der Waals surface area (Å²) >= 11 is 0. The molecule has 1 aromatic carbocycles. The molecule has 0 bridgehead atoms. The van der Waals surface area contributed by atoms with Gasteiger partial charge in [-0.15, -0.1) is 0 Å². The molecule has 1 N–H and O–H groups in total. The Morgan fingerprint density at radius 1 is 1.25 bits per heavy atom. The van der Waals surface area contributed by atoms with Crippen molar-refractivity contribution in [3.8, 4) is 0 Å². The minimum absolute atomic E-state index is 0.289. The third-order valence-electron chi connectivity index (χ3n) is 2.59. The minimum Gasteiger partial charge on any atom is -0.301 e. The van der Waals surface area contributed by atoms with Crippen molar-refractivity contribution < 1.29 is 14.4 Å². The summed E-state index contributed by atoms with van der Waals surface area (Å²) < 4.78 is 0. The molecule has 0 heterocycles. The molecule has 0 saturated carbocycles. The Bertz CT molecular complexity index is 500. The van der Waals surface area contributed by atoms with Crippen LogP contribution in [0.4, 0.5) is 4.79 Å². The molecule has 0 aromatic heterocycles. The van der Waals surface area contributed by atoms with Crippen LogP contribution in [-0.4, -0.2) is 48.8 Å². The SMILES string of the molecule is CNN(C)C(=O)N(CC=O)C(=O)C=Cc1ccccc1. The summed E-state index contributed by atoms with van der Waals surface area (Å²) in [5, 5.41) is 1.12. The second kappa shape index (κ2) is 7.85. The van der Waals surface area contributed by atoms with Gasteiger partial charge in [0, 0.05) is 20.2 Å². The molecule has 0 atom stereocenters. The van der Waals surface area contributed by atoms with Crippen molar-refractivity contribution >= 4 is 24.3 Å². The lowest BCUT2D eigenvalue weighted by atomic mass is 10.2. The van der Waals surface area contributed by atoms with Crippen LogP contribution >= 0.6 is 0 Å². The van der Waals surface area contributed by atoms with Gasteiger partial charge in [-0.2, -0.15) is 0 Å². The van der Waals surface area contributed by atoms with Gasteiger partial charge in [-0.1, -0.05) is 30.3 Å². The number of nitrogens with zero attached hydrogens (tertiary/aromatic N) is 2. The van der Waals surface area contributed by atoms with Crippen LogP contribution in [-0.2, 0) is 9.59 Å². The van der Waals surface area contributed by atoms with Gasteiger partial charge >= 0.3 is 6.03 Å². The predicted octanol–water partition coefficient (Wildman–Crippen LogP) is 0.913. The van der Waals surface area contributed by atoms with Gasteiger partial charge in [0.2, 0.25) is 0 Å². The van der Waals surface area contributed by atoms with Crippen molar-refractivity contribution in [1.29, 1.82) is 0 Å². The lowest BCUT2D eigenvalue weighted by molar-refractivity contribution is -0.126. The molecule has 0 saturated heterocycles. The van der Waals surface area contributed by atoms with E-state index in [4.69, 9.17) is 0 Å². The number of amides is 3. The van der Waals surface area contributed by atoms with E-state index >= 15 is 0 Å². The van der Waals surface area contributed by atoms with Crippen molar-refractivity contribution in [2.75, 3.05) is 20.6 Å². The van der Waals surface area contributed by atoms with Crippen LogP contribution in [0.15, 0.2) is 36.4 Å². The maximum atomic E-state index is 12.0. The Morgan fingerprint density at radius 3 is 2.45 bits per heavy atom. The van der Waals surface area contributed by atoms with Gasteiger partial charge in [-0.05, 0) is 11.6 Å². The van der Waals surface area contributed by atoms with E-state index in [2.05, 4.69) is 5.43 Å². The highest BCUT2D eigenvalue weighted by Crippen LogP contribution is 2.03. The highest BCUT2D eigenvalue weighted by Gasteiger charge is 2.21. The summed E-state index contributed by atoms with van der Waals surface area (Å²) in [6.45, 7) is -0.289. The third-order valence-corrected chi connectivity index (χ3v) is 2.59. The van der Waals surface area contributed by atoms with Gasteiger partial charge in [0.05, 0.1) is 6.54 Å². The lowest BCUT2D eigenvalue weighted by Gasteiger charge is -2.23. The second-order valence-electron chi connectivity index (χ2n) is 3.92. The van der Waals surface area contributed by atoms with Gasteiger partial charge < -0.3 is 4.79 Å². The van der Waals surface area contributed by atoms with Crippen LogP contribution in [0.1, 0.15) is 5.56 Å². The molecule has 0 aliphatic heterocycles. The standard InChI is InChI=1S/C14H17N3O3/c1-15-16(2)14(20)17(10-11-18)13(19)9-8-12-6-4-3-5-7-12/h3-9,11,15H,10H2,1-2H3. The molecule has 0 aliphatic carbocycles. The average molecular weight is 275 g/mol. The number of aldehydes is 1. The van der Waals surface area contributed by atoms with E-state index in [0.29, 0.717) is 6.29 Å². The maximum absolute atomic E-state index is 12.0. The van der Waals surface area contributed by atoms with Crippen LogP contribution in [0.5, 0.6) is 0 Å². The highest BCUT2D eigenvalue weighted by atomic mass is 16.2. The monoisotopic (exact) mass is 275 g/mol. The predicted molar refractivity (Wildman–Crippen MR) is 75.5 cm³/mol. The van der Waals surface area contributed by atoms with Crippen LogP contribution < -0.4 is 5.43 Å². The van der Waals surface area contributed by atoms with E-state index in [0.717, 1.165) is 15.5 Å². The summed E-state index contributed by atoms with van der Waals surface area (Å²) in [4.78, 5) is 35.3. The van der Waals surface area contributed by atoms with Crippen molar-refractivity contribution in [3.63, 3.8) is 0 Å². The number of carbonyl (C=O) groups is 3. The first-order valence-electron chi connectivity index (χ1n) is 6.03. The number of hydrogen-bond donors (Lipinski definition) is 1. The molecular formula is C14H17N3O3. The lowest BCUT2D eigenvalue weighted by Crippen LogP contribution is -2.49. The number of rotatable bonds is 5. The zero-order valence-electron chi connectivity index (χ0n) is 11.4. The molecule has 106 valence electrons. The van der Waals surface area contributed by atoms with E-state index in [9.17, 15) is 14.4 Å². The van der Waals surface area contributed by atoms with E-state index in [-0.39, 0.29) is 6.54 Å². The summed E-state index contributed by atoms with van der Waals surface area (Å²) in [7, 11) is 3.01. The topological polar surface area (TPSA) is 69.7 Å². The van der Waals surface area contributed by atoms with E-state index in [1.165, 1.54) is 13.1 Å². The van der Waals surface area contributed by atoms with Crippen LogP contribution in [0, 0.1) is 0 Å². The van der Waals surface area contributed by atoms with Crippen molar-refractivity contribution in [2.45, 2.75) is 0 Å². The molecule has 0 fully saturated rings. The number of carbonyl (C=O) groups excluding carboxylic acids is 3. The normalized spacial score (nSPS) is 10.3. The number of hydrogen-bond acceptors (Lipinski definition) is 4. The third kappa shape index (κ3) is 4.33. The first-order chi connectivity index (χ1) is 9.60. The van der Waals surface area contributed by atoms with E-state index in [1.807, 2.05) is 30.3 Å². The van der Waals surface area contributed by atoms with Gasteiger partial charge in [-0.25, -0.2) is 10.2 Å². The smallest absolute Gasteiger partial charge is 0.301 e. The van der Waals surface area contributed by atoms with Crippen molar-refractivity contribution in [2.24, 2.45) is 0 Å². The van der Waals surface area contributed by atoms with Crippen LogP contribution in [0.2, 0.25) is 0 Å². The van der Waals surface area contributed by atoms with Gasteiger partial charge in [0.25, 0.3) is 5.91 Å². The Labute approximate surface area is 117 Å². The molecule has 1 rings (SSSR count). The fourth-order valence-corrected chi connectivity index (χ4v) is 1.44. The molecule has 6 nitrogen and oxygen atoms in total. The molecule has 1 aromatic rings. The second-order valence-corrected chi connectivity index (χ2v) is 3.92. The molecule has 3 amide bonds. The number of nitrogens with one attached hydrogen (secondary N) is 1. The Hall–Kier alpha value is -2.47. The molecule has 0 spiro atoms. The Balaban J connectivity index is 2.81. The highest BCUT2D eigenvalue weighted by molar-refractivity contribution is 6.03. The summed E-state index contributed by atoms with van der Waals surface area (Å²) in [5.41, 5.74) is 3.42. The fraction of sp³-hybridized carbons (Fsp3) is 0.214. The van der Waals surface area contributed by atoms with Crippen molar-refractivity contribution in [1.82, 2.24) is 15.3 Å². The van der Waals surface area contributed by atoms with E-state index in [1.54, 1.807) is 13.1 Å². The first-order valence-corrected chi connectivity index (χ1v) is 6.03. The summed E-state index contributed by atoms with van der Waals surface area (Å²) in [6, 6.07) is 8.61. The largest absolute Gasteiger partial charge is 0.341 e. The van der Waals surface area contributed by atoms with Gasteiger partial charge in [0.15, 0.2) is 0 Å². The molecule has 6 heteroatoms. The fourth-order valence-electron chi connectivity index (χ4n) is 1.44. The summed E-state index contributed by atoms with van der Waals surface area (Å²) in [5.74, 6) is -0.548. The number of imide groups is 1. The Morgan fingerprint density at radius 2 is 1.90 bits per heavy atom. The maximum Gasteiger partial charge on any atom is 0.341 e. The zero-order chi connectivity index (χ0) is 15.0. The quantitative estimate of drug-likeness (QED) is 0.493. The van der Waals surface area contributed by atoms with Gasteiger partial charge in [-0.3, -0.25) is 14.7 Å². The average Bonchev–Trinajstić information content (AvgIpc) is 2.49. The van der Waals surface area contributed by atoms with Gasteiger partial charge in [0.1, 0.15) is 6.29 Å². The minimum atomic E-state index is -0.595. The number of benzene rings is 1. The summed E-state index contributed by atoms with van der Waals surface area (Å²) in [6.07, 6.45) is 3.36. The van der Waals surface area contributed by atoms with Crippen LogP contribution in [0.3, 0.4) is 0 Å².